The molecular formula is C21H17N2O+. The average Bonchev–Trinajstić information content (AvgIpc) is 2.95. The van der Waals surface area contributed by atoms with Gasteiger partial charge in [-0.05, 0) is 37.1 Å². The minimum atomic E-state index is 0.558. The van der Waals surface area contributed by atoms with Gasteiger partial charge in [0.1, 0.15) is 18.2 Å². The van der Waals surface area contributed by atoms with Gasteiger partial charge in [0.2, 0.25) is 11.4 Å². The summed E-state index contributed by atoms with van der Waals surface area (Å²) in [5, 5.41) is 2.07. The van der Waals surface area contributed by atoms with Crippen LogP contribution in [-0.4, -0.2) is 0 Å². The molecule has 3 nitrogen and oxygen atoms in total. The molecule has 0 atom stereocenters. The van der Waals surface area contributed by atoms with E-state index in [1.54, 1.807) is 6.07 Å². The third-order valence-corrected chi connectivity index (χ3v) is 4.72. The van der Waals surface area contributed by atoms with E-state index in [-0.39, 0.29) is 0 Å². The molecule has 2 aromatic carbocycles. The van der Waals surface area contributed by atoms with Crippen molar-refractivity contribution in [3.05, 3.63) is 71.2 Å². The molecule has 0 saturated carbocycles. The van der Waals surface area contributed by atoms with Crippen LogP contribution in [0.1, 0.15) is 11.1 Å². The lowest BCUT2D eigenvalue weighted by atomic mass is 9.96. The molecule has 0 saturated heterocycles. The molecule has 0 spiro atoms. The molecule has 2 heterocycles. The molecule has 0 aliphatic heterocycles. The van der Waals surface area contributed by atoms with Crippen LogP contribution in [0.2, 0.25) is 0 Å². The Hall–Kier alpha value is -3.12. The van der Waals surface area contributed by atoms with E-state index in [0.717, 1.165) is 27.6 Å². The zero-order valence-electron chi connectivity index (χ0n) is 13.9. The molecule has 0 radical (unpaired) electrons. The number of pyridine rings is 1. The third kappa shape index (κ3) is 1.93. The first kappa shape index (κ1) is 14.5. The summed E-state index contributed by atoms with van der Waals surface area (Å²) in [4.78, 5) is 3.61. The van der Waals surface area contributed by atoms with Crippen molar-refractivity contribution in [3.63, 3.8) is 0 Å². The Labute approximate surface area is 140 Å². The number of fused-ring (bicyclic) bond motifs is 3. The molecule has 116 valence electrons. The molecule has 24 heavy (non-hydrogen) atoms. The zero-order valence-corrected chi connectivity index (χ0v) is 13.9. The Morgan fingerprint density at radius 1 is 1.00 bits per heavy atom. The highest BCUT2D eigenvalue weighted by molar-refractivity contribution is 6.13. The van der Waals surface area contributed by atoms with Crippen LogP contribution in [0.25, 0.3) is 38.0 Å². The van der Waals surface area contributed by atoms with Gasteiger partial charge in [0.25, 0.3) is 0 Å². The average molecular weight is 313 g/mol. The summed E-state index contributed by atoms with van der Waals surface area (Å²) in [5.74, 6) is 0. The highest BCUT2D eigenvalue weighted by Gasteiger charge is 2.22. The SMILES string of the molecule is [C-]#[N+]c1cccc2c1oc1c(-c3cccc[n+]3C)c(C)c(C)cc12. The van der Waals surface area contributed by atoms with Gasteiger partial charge in [-0.1, -0.05) is 18.2 Å². The molecule has 0 aliphatic carbocycles. The molecule has 2 aromatic heterocycles. The molecule has 4 aromatic rings. The Morgan fingerprint density at radius 2 is 1.83 bits per heavy atom. The van der Waals surface area contributed by atoms with Crippen LogP contribution in [0.3, 0.4) is 0 Å². The topological polar surface area (TPSA) is 21.4 Å². The lowest BCUT2D eigenvalue weighted by Gasteiger charge is -2.08. The van der Waals surface area contributed by atoms with E-state index in [0.29, 0.717) is 11.3 Å². The van der Waals surface area contributed by atoms with Gasteiger partial charge in [0, 0.05) is 22.9 Å². The third-order valence-electron chi connectivity index (χ3n) is 4.72. The summed E-state index contributed by atoms with van der Waals surface area (Å²) in [6.45, 7) is 11.6. The largest absolute Gasteiger partial charge is 0.466 e. The lowest BCUT2D eigenvalue weighted by Crippen LogP contribution is -2.30. The molecule has 3 heteroatoms. The van der Waals surface area contributed by atoms with Crippen LogP contribution in [0.5, 0.6) is 0 Å². The second-order valence-corrected chi connectivity index (χ2v) is 6.13. The fraction of sp³-hybridized carbons (Fsp3) is 0.143. The first-order valence-electron chi connectivity index (χ1n) is 7.89. The molecule has 0 bridgehead atoms. The minimum Gasteiger partial charge on any atom is -0.466 e. The van der Waals surface area contributed by atoms with E-state index in [1.807, 2.05) is 37.5 Å². The first-order chi connectivity index (χ1) is 11.6. The fourth-order valence-corrected chi connectivity index (χ4v) is 3.32. The van der Waals surface area contributed by atoms with E-state index in [1.165, 1.54) is 11.1 Å². The maximum absolute atomic E-state index is 7.40. The summed E-state index contributed by atoms with van der Waals surface area (Å²) in [5.41, 5.74) is 6.71. The number of hydrogen-bond acceptors (Lipinski definition) is 1. The monoisotopic (exact) mass is 313 g/mol. The second-order valence-electron chi connectivity index (χ2n) is 6.13. The highest BCUT2D eigenvalue weighted by Crippen LogP contribution is 2.41. The lowest BCUT2D eigenvalue weighted by molar-refractivity contribution is -0.660. The normalized spacial score (nSPS) is 11.1. The van der Waals surface area contributed by atoms with Gasteiger partial charge in [-0.3, -0.25) is 0 Å². The van der Waals surface area contributed by atoms with Gasteiger partial charge in [-0.2, -0.15) is 0 Å². The van der Waals surface area contributed by atoms with E-state index in [9.17, 15) is 0 Å². The number of para-hydroxylation sites is 1. The minimum absolute atomic E-state index is 0.558. The van der Waals surface area contributed by atoms with Crippen molar-refractivity contribution in [3.8, 4) is 11.3 Å². The van der Waals surface area contributed by atoms with Crippen molar-refractivity contribution < 1.29 is 8.98 Å². The Balaban J connectivity index is 2.23. The Bertz CT molecular complexity index is 1150. The maximum Gasteiger partial charge on any atom is 0.229 e. The number of hydrogen-bond donors (Lipinski definition) is 0. The van der Waals surface area contributed by atoms with Gasteiger partial charge in [-0.25, -0.2) is 9.41 Å². The molecule has 4 rings (SSSR count). The van der Waals surface area contributed by atoms with Crippen molar-refractivity contribution in [1.29, 1.82) is 0 Å². The van der Waals surface area contributed by atoms with E-state index >= 15 is 0 Å². The van der Waals surface area contributed by atoms with Crippen LogP contribution in [0, 0.1) is 20.4 Å². The van der Waals surface area contributed by atoms with Crippen LogP contribution < -0.4 is 4.57 Å². The molecule has 0 fully saturated rings. The molecule has 0 amide bonds. The van der Waals surface area contributed by atoms with Crippen molar-refractivity contribution in [2.75, 3.05) is 0 Å². The summed E-state index contributed by atoms with van der Waals surface area (Å²) in [6, 6.07) is 14.1. The molecule has 0 unspecified atom stereocenters. The number of aryl methyl sites for hydroxylation is 2. The zero-order chi connectivity index (χ0) is 16.8. The van der Waals surface area contributed by atoms with Gasteiger partial charge >= 0.3 is 0 Å². The smallest absolute Gasteiger partial charge is 0.229 e. The van der Waals surface area contributed by atoms with Gasteiger partial charge in [-0.15, -0.1) is 0 Å². The molecule has 0 aliphatic rings. The predicted molar refractivity (Wildman–Crippen MR) is 96.1 cm³/mol. The highest BCUT2D eigenvalue weighted by atomic mass is 16.3. The molecule has 0 N–H and O–H groups in total. The summed E-state index contributed by atoms with van der Waals surface area (Å²) in [6.07, 6.45) is 2.04. The fourth-order valence-electron chi connectivity index (χ4n) is 3.32. The van der Waals surface area contributed by atoms with E-state index in [4.69, 9.17) is 11.0 Å². The Morgan fingerprint density at radius 3 is 2.58 bits per heavy atom. The van der Waals surface area contributed by atoms with Crippen molar-refractivity contribution in [2.45, 2.75) is 13.8 Å². The summed E-state index contributed by atoms with van der Waals surface area (Å²) in [7, 11) is 2.04. The van der Waals surface area contributed by atoms with Gasteiger partial charge in [0.15, 0.2) is 6.20 Å². The summed E-state index contributed by atoms with van der Waals surface area (Å²) >= 11 is 0. The predicted octanol–water partition coefficient (Wildman–Crippen LogP) is 5.25. The standard InChI is InChI=1S/C21H17N2O/c1-13-12-16-15-8-7-9-17(22-3)20(15)24-21(16)19(14(13)2)18-10-5-6-11-23(18)4/h5-12H,1-2,4H3/q+1. The summed E-state index contributed by atoms with van der Waals surface area (Å²) < 4.78 is 8.33. The number of rotatable bonds is 1. The quantitative estimate of drug-likeness (QED) is 0.347. The first-order valence-corrected chi connectivity index (χ1v) is 7.89. The van der Waals surface area contributed by atoms with Crippen LogP contribution in [-0.2, 0) is 7.05 Å². The van der Waals surface area contributed by atoms with Crippen molar-refractivity contribution in [2.24, 2.45) is 7.05 Å². The maximum atomic E-state index is 7.40. The number of benzene rings is 2. The second kappa shape index (κ2) is 5.21. The van der Waals surface area contributed by atoms with E-state index in [2.05, 4.69) is 35.4 Å². The van der Waals surface area contributed by atoms with Crippen LogP contribution in [0.15, 0.2) is 53.1 Å². The molecular weight excluding hydrogens is 296 g/mol. The van der Waals surface area contributed by atoms with Crippen molar-refractivity contribution in [1.82, 2.24) is 0 Å². The number of furan rings is 1. The van der Waals surface area contributed by atoms with Crippen LogP contribution >= 0.6 is 0 Å². The number of nitrogens with zero attached hydrogens (tertiary/aromatic N) is 2. The number of aromatic nitrogens is 1. The van der Waals surface area contributed by atoms with Gasteiger partial charge in [0.05, 0.1) is 12.1 Å². The Kier molecular flexibility index (Phi) is 3.14. The van der Waals surface area contributed by atoms with E-state index < -0.39 is 0 Å². The van der Waals surface area contributed by atoms with Crippen LogP contribution in [0.4, 0.5) is 5.69 Å². The van der Waals surface area contributed by atoms with Gasteiger partial charge < -0.3 is 4.42 Å². The van der Waals surface area contributed by atoms with Crippen molar-refractivity contribution >= 4 is 27.6 Å².